The van der Waals surface area contributed by atoms with Gasteiger partial charge in [-0.3, -0.25) is 4.98 Å². The van der Waals surface area contributed by atoms with Crippen molar-refractivity contribution >= 4 is 23.0 Å². The molecule has 0 amide bonds. The van der Waals surface area contributed by atoms with Crippen molar-refractivity contribution in [1.29, 1.82) is 0 Å². The number of esters is 1. The van der Waals surface area contributed by atoms with Gasteiger partial charge in [-0.1, -0.05) is 32.0 Å². The maximum Gasteiger partial charge on any atom is 0.340 e. The fourth-order valence-corrected chi connectivity index (χ4v) is 3.65. The van der Waals surface area contributed by atoms with Crippen LogP contribution < -0.4 is 15.0 Å². The number of hydrogen-bond donors (Lipinski definition) is 1. The minimum absolute atomic E-state index is 0.359. The van der Waals surface area contributed by atoms with Gasteiger partial charge in [-0.2, -0.15) is 0 Å². The van der Waals surface area contributed by atoms with Crippen molar-refractivity contribution in [2.45, 2.75) is 32.6 Å². The Hall–Kier alpha value is -3.54. The van der Waals surface area contributed by atoms with Crippen LogP contribution >= 0.6 is 0 Å². The van der Waals surface area contributed by atoms with Crippen LogP contribution in [0, 0.1) is 0 Å². The third-order valence-corrected chi connectivity index (χ3v) is 5.73. The Kier molecular flexibility index (Phi) is 8.30. The molecule has 174 valence electrons. The van der Waals surface area contributed by atoms with E-state index in [1.807, 2.05) is 0 Å². The van der Waals surface area contributed by atoms with E-state index in [0.29, 0.717) is 17.2 Å². The fraction of sp³-hybridized carbons (Fsp3) is 0.333. The van der Waals surface area contributed by atoms with E-state index >= 15 is 0 Å². The highest BCUT2D eigenvalue weighted by atomic mass is 16.5. The third-order valence-electron chi connectivity index (χ3n) is 5.73. The van der Waals surface area contributed by atoms with Gasteiger partial charge >= 0.3 is 5.97 Å². The summed E-state index contributed by atoms with van der Waals surface area (Å²) in [6.07, 6.45) is 5.38. The first kappa shape index (κ1) is 24.1. The average Bonchev–Trinajstić information content (AvgIpc) is 2.87. The van der Waals surface area contributed by atoms with E-state index < -0.39 is 0 Å². The van der Waals surface area contributed by atoms with Crippen LogP contribution in [0.2, 0.25) is 0 Å². The first-order chi connectivity index (χ1) is 15.9. The van der Waals surface area contributed by atoms with Gasteiger partial charge in [0.2, 0.25) is 0 Å². The van der Waals surface area contributed by atoms with E-state index in [9.17, 15) is 4.79 Å². The number of anilines is 3. The molecule has 6 heteroatoms. The summed E-state index contributed by atoms with van der Waals surface area (Å²) >= 11 is 0. The zero-order chi connectivity index (χ0) is 23.8. The van der Waals surface area contributed by atoms with Gasteiger partial charge in [0.05, 0.1) is 31.2 Å². The monoisotopic (exact) mass is 447 g/mol. The molecule has 0 saturated carbocycles. The number of carbonyl (C=O) groups is 1. The molecule has 1 aromatic heterocycles. The summed E-state index contributed by atoms with van der Waals surface area (Å²) in [7, 11) is 5.18. The molecule has 1 N–H and O–H groups in total. The average molecular weight is 448 g/mol. The molecule has 2 aromatic carbocycles. The quantitative estimate of drug-likeness (QED) is 0.498. The second-order valence-electron chi connectivity index (χ2n) is 8.21. The number of aromatic nitrogens is 1. The molecule has 0 saturated heterocycles. The van der Waals surface area contributed by atoms with Crippen molar-refractivity contribution < 1.29 is 14.3 Å². The first-order valence-corrected chi connectivity index (χ1v) is 11.2. The zero-order valence-electron chi connectivity index (χ0n) is 20.1. The second kappa shape index (κ2) is 11.4. The summed E-state index contributed by atoms with van der Waals surface area (Å²) in [6, 6.07) is 17.0. The standard InChI is InChI=1S/C19H23NO.C8H10N2O2/c1-14(2)15-6-9-17(10-7-15)20(3)18-11-8-16-5-4-12-21-19(16)13-18;1-9-7-5-10-4-3-6(7)8(11)12-2/h6-11,13-14H,4-5,12H2,1-3H3;3-5,9H,1-2H3. The van der Waals surface area contributed by atoms with E-state index in [4.69, 9.17) is 4.74 Å². The Morgan fingerprint density at radius 1 is 1.12 bits per heavy atom. The SMILES string of the molecule is CC(C)c1ccc(N(C)c2ccc3c(c2)OCCC3)cc1.CNc1cnccc1C(=O)OC. The molecule has 0 atom stereocenters. The number of hydrogen-bond acceptors (Lipinski definition) is 6. The lowest BCUT2D eigenvalue weighted by Crippen LogP contribution is -2.12. The number of benzene rings is 2. The molecule has 0 spiro atoms. The highest BCUT2D eigenvalue weighted by molar-refractivity contribution is 5.95. The van der Waals surface area contributed by atoms with Crippen LogP contribution in [0.25, 0.3) is 0 Å². The van der Waals surface area contributed by atoms with Gasteiger partial charge in [-0.15, -0.1) is 0 Å². The van der Waals surface area contributed by atoms with E-state index in [1.54, 1.807) is 25.5 Å². The molecule has 33 heavy (non-hydrogen) atoms. The lowest BCUT2D eigenvalue weighted by Gasteiger charge is -2.23. The van der Waals surface area contributed by atoms with E-state index in [0.717, 1.165) is 25.2 Å². The first-order valence-electron chi connectivity index (χ1n) is 11.2. The minimum atomic E-state index is -0.359. The Morgan fingerprint density at radius 3 is 2.52 bits per heavy atom. The summed E-state index contributed by atoms with van der Waals surface area (Å²) in [6.45, 7) is 5.28. The van der Waals surface area contributed by atoms with Crippen LogP contribution in [0.3, 0.4) is 0 Å². The van der Waals surface area contributed by atoms with Crippen LogP contribution in [-0.2, 0) is 11.2 Å². The maximum atomic E-state index is 11.1. The number of nitrogens with one attached hydrogen (secondary N) is 1. The molecule has 3 aromatic rings. The van der Waals surface area contributed by atoms with Crippen LogP contribution in [0.5, 0.6) is 5.75 Å². The molecular weight excluding hydrogens is 414 g/mol. The van der Waals surface area contributed by atoms with Gasteiger partial charge in [0.15, 0.2) is 0 Å². The van der Waals surface area contributed by atoms with E-state index in [1.165, 1.54) is 29.6 Å². The van der Waals surface area contributed by atoms with Gasteiger partial charge in [-0.05, 0) is 54.2 Å². The number of ether oxygens (including phenoxy) is 2. The molecule has 0 bridgehead atoms. The summed E-state index contributed by atoms with van der Waals surface area (Å²) in [5.41, 5.74) is 6.25. The van der Waals surface area contributed by atoms with Crippen LogP contribution in [0.4, 0.5) is 17.1 Å². The second-order valence-corrected chi connectivity index (χ2v) is 8.21. The summed E-state index contributed by atoms with van der Waals surface area (Å²) in [5, 5.41) is 2.85. The third kappa shape index (κ3) is 6.04. The molecular formula is C27H33N3O3. The Balaban J connectivity index is 0.000000218. The molecule has 6 nitrogen and oxygen atoms in total. The minimum Gasteiger partial charge on any atom is -0.493 e. The molecule has 0 fully saturated rings. The Labute approximate surface area is 196 Å². The lowest BCUT2D eigenvalue weighted by molar-refractivity contribution is 0.0601. The van der Waals surface area contributed by atoms with Crippen molar-refractivity contribution in [2.75, 3.05) is 38.0 Å². The number of methoxy groups -OCH3 is 1. The normalized spacial score (nSPS) is 12.1. The van der Waals surface area contributed by atoms with Gasteiger partial charge in [0.1, 0.15) is 5.75 Å². The van der Waals surface area contributed by atoms with E-state index in [2.05, 4.69) is 83.3 Å². The zero-order valence-corrected chi connectivity index (χ0v) is 20.1. The molecule has 0 radical (unpaired) electrons. The topological polar surface area (TPSA) is 63.7 Å². The molecule has 4 rings (SSSR count). The number of pyridine rings is 1. The van der Waals surface area contributed by atoms with Crippen molar-refractivity contribution in [3.8, 4) is 5.75 Å². The number of carbonyl (C=O) groups excluding carboxylic acids is 1. The van der Waals surface area contributed by atoms with Crippen molar-refractivity contribution in [1.82, 2.24) is 4.98 Å². The van der Waals surface area contributed by atoms with Crippen molar-refractivity contribution in [2.24, 2.45) is 0 Å². The van der Waals surface area contributed by atoms with Crippen LogP contribution in [-0.4, -0.2) is 38.8 Å². The summed E-state index contributed by atoms with van der Waals surface area (Å²) in [5.74, 6) is 1.26. The van der Waals surface area contributed by atoms with Gasteiger partial charge in [0.25, 0.3) is 0 Å². The molecule has 2 heterocycles. The Bertz CT molecular complexity index is 1060. The molecule has 1 aliphatic rings. The predicted octanol–water partition coefficient (Wildman–Crippen LogP) is 5.81. The molecule has 0 aliphatic carbocycles. The van der Waals surface area contributed by atoms with Crippen LogP contribution in [0.1, 0.15) is 47.7 Å². The van der Waals surface area contributed by atoms with Crippen LogP contribution in [0.15, 0.2) is 60.9 Å². The predicted molar refractivity (Wildman–Crippen MR) is 134 cm³/mol. The number of rotatable bonds is 5. The molecule has 1 aliphatic heterocycles. The highest BCUT2D eigenvalue weighted by Gasteiger charge is 2.13. The van der Waals surface area contributed by atoms with Crippen molar-refractivity contribution in [3.05, 3.63) is 77.6 Å². The highest BCUT2D eigenvalue weighted by Crippen LogP contribution is 2.32. The maximum absolute atomic E-state index is 11.1. The van der Waals surface area contributed by atoms with Gasteiger partial charge in [-0.25, -0.2) is 4.79 Å². The summed E-state index contributed by atoms with van der Waals surface area (Å²) in [4.78, 5) is 17.2. The van der Waals surface area contributed by atoms with E-state index in [-0.39, 0.29) is 5.97 Å². The lowest BCUT2D eigenvalue weighted by atomic mass is 10.0. The smallest absolute Gasteiger partial charge is 0.340 e. The number of aryl methyl sites for hydroxylation is 1. The number of nitrogens with zero attached hydrogens (tertiary/aromatic N) is 2. The fourth-order valence-electron chi connectivity index (χ4n) is 3.65. The van der Waals surface area contributed by atoms with Crippen molar-refractivity contribution in [3.63, 3.8) is 0 Å². The molecule has 0 unspecified atom stereocenters. The van der Waals surface area contributed by atoms with Gasteiger partial charge < -0.3 is 19.7 Å². The van der Waals surface area contributed by atoms with Gasteiger partial charge in [0, 0.05) is 37.7 Å². The largest absolute Gasteiger partial charge is 0.493 e. The number of fused-ring (bicyclic) bond motifs is 1. The Morgan fingerprint density at radius 2 is 1.85 bits per heavy atom. The summed E-state index contributed by atoms with van der Waals surface area (Å²) < 4.78 is 10.3.